The first-order valence-corrected chi connectivity index (χ1v) is 8.36. The predicted molar refractivity (Wildman–Crippen MR) is 80.6 cm³/mol. The number of nitrogens with one attached hydrogen (secondary N) is 1. The SMILES string of the molecule is CCCS(=O)(=O)c1ccc(NCC(=O)N(C)CC)cc1. The van der Waals surface area contributed by atoms with Gasteiger partial charge in [-0.15, -0.1) is 0 Å². The van der Waals surface area contributed by atoms with Crippen molar-refractivity contribution in [3.8, 4) is 0 Å². The molecule has 1 aromatic rings. The first kappa shape index (κ1) is 16.5. The number of carbonyl (C=O) groups is 1. The summed E-state index contributed by atoms with van der Waals surface area (Å²) < 4.78 is 23.7. The van der Waals surface area contributed by atoms with E-state index in [-0.39, 0.29) is 18.2 Å². The van der Waals surface area contributed by atoms with E-state index in [9.17, 15) is 13.2 Å². The monoisotopic (exact) mass is 298 g/mol. The molecule has 0 aromatic heterocycles. The van der Waals surface area contributed by atoms with Crippen molar-refractivity contribution in [3.63, 3.8) is 0 Å². The Balaban J connectivity index is 2.66. The Bertz CT molecular complexity index is 538. The van der Waals surface area contributed by atoms with Crippen LogP contribution in [0.3, 0.4) is 0 Å². The number of nitrogens with zero attached hydrogens (tertiary/aromatic N) is 1. The number of anilines is 1. The lowest BCUT2D eigenvalue weighted by Gasteiger charge is -2.15. The molecule has 0 aliphatic carbocycles. The van der Waals surface area contributed by atoms with Crippen molar-refractivity contribution in [2.45, 2.75) is 25.2 Å². The van der Waals surface area contributed by atoms with E-state index in [0.717, 1.165) is 5.69 Å². The molecule has 112 valence electrons. The van der Waals surface area contributed by atoms with Crippen molar-refractivity contribution in [1.29, 1.82) is 0 Å². The van der Waals surface area contributed by atoms with Crippen molar-refractivity contribution in [3.05, 3.63) is 24.3 Å². The van der Waals surface area contributed by atoms with Crippen LogP contribution < -0.4 is 5.32 Å². The van der Waals surface area contributed by atoms with Crippen molar-refractivity contribution < 1.29 is 13.2 Å². The van der Waals surface area contributed by atoms with Gasteiger partial charge in [0, 0.05) is 19.3 Å². The molecule has 0 heterocycles. The lowest BCUT2D eigenvalue weighted by molar-refractivity contribution is -0.127. The van der Waals surface area contributed by atoms with Crippen LogP contribution in [0.2, 0.25) is 0 Å². The fraction of sp³-hybridized carbons (Fsp3) is 0.500. The summed E-state index contributed by atoms with van der Waals surface area (Å²) in [5, 5.41) is 2.98. The highest BCUT2D eigenvalue weighted by Crippen LogP contribution is 2.15. The number of hydrogen-bond acceptors (Lipinski definition) is 4. The van der Waals surface area contributed by atoms with Crippen LogP contribution in [0.1, 0.15) is 20.3 Å². The van der Waals surface area contributed by atoms with Gasteiger partial charge >= 0.3 is 0 Å². The quantitative estimate of drug-likeness (QED) is 0.833. The number of benzene rings is 1. The lowest BCUT2D eigenvalue weighted by atomic mass is 10.3. The predicted octanol–water partition coefficient (Wildman–Crippen LogP) is 1.76. The Morgan fingerprint density at radius 2 is 1.80 bits per heavy atom. The molecule has 0 aliphatic heterocycles. The van der Waals surface area contributed by atoms with E-state index in [0.29, 0.717) is 17.9 Å². The minimum absolute atomic E-state index is 0.00446. The number of likely N-dealkylation sites (N-methyl/N-ethyl adjacent to an activating group) is 1. The molecule has 0 saturated carbocycles. The Morgan fingerprint density at radius 3 is 2.30 bits per heavy atom. The highest BCUT2D eigenvalue weighted by atomic mass is 32.2. The maximum absolute atomic E-state index is 11.9. The summed E-state index contributed by atoms with van der Waals surface area (Å²) in [4.78, 5) is 13.6. The zero-order valence-electron chi connectivity index (χ0n) is 12.2. The third-order valence-corrected chi connectivity index (χ3v) is 4.97. The average Bonchev–Trinajstić information content (AvgIpc) is 2.44. The normalized spacial score (nSPS) is 11.2. The van der Waals surface area contributed by atoms with Crippen molar-refractivity contribution in [2.75, 3.05) is 31.2 Å². The summed E-state index contributed by atoms with van der Waals surface area (Å²) in [6.07, 6.45) is 0.597. The molecule has 6 heteroatoms. The van der Waals surface area contributed by atoms with Crippen LogP contribution in [0.25, 0.3) is 0 Å². The molecule has 5 nitrogen and oxygen atoms in total. The van der Waals surface area contributed by atoms with Crippen molar-refractivity contribution in [2.24, 2.45) is 0 Å². The van der Waals surface area contributed by atoms with Gasteiger partial charge in [-0.05, 0) is 37.6 Å². The maximum atomic E-state index is 11.9. The fourth-order valence-electron chi connectivity index (χ4n) is 1.66. The zero-order valence-corrected chi connectivity index (χ0v) is 13.0. The van der Waals surface area contributed by atoms with Gasteiger partial charge in [0.1, 0.15) is 0 Å². The van der Waals surface area contributed by atoms with Gasteiger partial charge < -0.3 is 10.2 Å². The summed E-state index contributed by atoms with van der Waals surface area (Å²) in [7, 11) is -1.44. The Labute approximate surface area is 120 Å². The van der Waals surface area contributed by atoms with E-state index in [4.69, 9.17) is 0 Å². The van der Waals surface area contributed by atoms with E-state index in [1.807, 2.05) is 13.8 Å². The maximum Gasteiger partial charge on any atom is 0.241 e. The van der Waals surface area contributed by atoms with Gasteiger partial charge in [0.2, 0.25) is 5.91 Å². The highest BCUT2D eigenvalue weighted by Gasteiger charge is 2.12. The zero-order chi connectivity index (χ0) is 15.2. The van der Waals surface area contributed by atoms with Crippen LogP contribution >= 0.6 is 0 Å². The molecule has 0 unspecified atom stereocenters. The highest BCUT2D eigenvalue weighted by molar-refractivity contribution is 7.91. The molecule has 0 fully saturated rings. The van der Waals surface area contributed by atoms with Gasteiger partial charge in [0.25, 0.3) is 0 Å². The number of sulfone groups is 1. The molecule has 0 atom stereocenters. The summed E-state index contributed by atoms with van der Waals surface area (Å²) in [5.74, 6) is 0.148. The topological polar surface area (TPSA) is 66.5 Å². The summed E-state index contributed by atoms with van der Waals surface area (Å²) in [6, 6.07) is 6.51. The van der Waals surface area contributed by atoms with E-state index >= 15 is 0 Å². The molecule has 1 aromatic carbocycles. The minimum Gasteiger partial charge on any atom is -0.376 e. The van der Waals surface area contributed by atoms with E-state index < -0.39 is 9.84 Å². The van der Waals surface area contributed by atoms with Gasteiger partial charge in [-0.1, -0.05) is 6.92 Å². The molecule has 0 spiro atoms. The third-order valence-electron chi connectivity index (χ3n) is 3.03. The molecule has 0 bridgehead atoms. The molecule has 1 rings (SSSR count). The standard InChI is InChI=1S/C14H22N2O3S/c1-4-10-20(18,19)13-8-6-12(7-9-13)15-11-14(17)16(3)5-2/h6-9,15H,4-5,10-11H2,1-3H3. The summed E-state index contributed by atoms with van der Waals surface area (Å²) >= 11 is 0. The number of hydrogen-bond donors (Lipinski definition) is 1. The van der Waals surface area contributed by atoms with E-state index in [2.05, 4.69) is 5.32 Å². The number of carbonyl (C=O) groups excluding carboxylic acids is 1. The molecule has 0 saturated heterocycles. The molecule has 1 amide bonds. The molecule has 20 heavy (non-hydrogen) atoms. The second-order valence-electron chi connectivity index (χ2n) is 4.60. The van der Waals surface area contributed by atoms with Gasteiger partial charge in [0.15, 0.2) is 9.84 Å². The van der Waals surface area contributed by atoms with Crippen molar-refractivity contribution in [1.82, 2.24) is 4.90 Å². The fourth-order valence-corrected chi connectivity index (χ4v) is 2.98. The molecule has 1 N–H and O–H groups in total. The molecular formula is C14H22N2O3S. The van der Waals surface area contributed by atoms with Gasteiger partial charge in [-0.2, -0.15) is 0 Å². The molecule has 0 aliphatic rings. The van der Waals surface area contributed by atoms with Crippen LogP contribution in [-0.2, 0) is 14.6 Å². The smallest absolute Gasteiger partial charge is 0.241 e. The van der Waals surface area contributed by atoms with Crippen molar-refractivity contribution >= 4 is 21.4 Å². The average molecular weight is 298 g/mol. The van der Waals surface area contributed by atoms with Crippen LogP contribution in [0.15, 0.2) is 29.2 Å². The van der Waals surface area contributed by atoms with Gasteiger partial charge in [0.05, 0.1) is 17.2 Å². The van der Waals surface area contributed by atoms with Crippen LogP contribution in [-0.4, -0.2) is 45.1 Å². The summed E-state index contributed by atoms with van der Waals surface area (Å²) in [5.41, 5.74) is 0.735. The van der Waals surface area contributed by atoms with E-state index in [1.165, 1.54) is 0 Å². The lowest BCUT2D eigenvalue weighted by Crippen LogP contribution is -2.31. The molecular weight excluding hydrogens is 276 g/mol. The first-order valence-electron chi connectivity index (χ1n) is 6.71. The summed E-state index contributed by atoms with van der Waals surface area (Å²) in [6.45, 7) is 4.61. The second kappa shape index (κ2) is 7.28. The Kier molecular flexibility index (Phi) is 6.01. The van der Waals surface area contributed by atoms with Gasteiger partial charge in [-0.3, -0.25) is 4.79 Å². The van der Waals surface area contributed by atoms with Gasteiger partial charge in [-0.25, -0.2) is 8.42 Å². The van der Waals surface area contributed by atoms with Crippen LogP contribution in [0.5, 0.6) is 0 Å². The largest absolute Gasteiger partial charge is 0.376 e. The van der Waals surface area contributed by atoms with Crippen LogP contribution in [0, 0.1) is 0 Å². The number of amides is 1. The third kappa shape index (κ3) is 4.52. The van der Waals surface area contributed by atoms with Crippen LogP contribution in [0.4, 0.5) is 5.69 Å². The Morgan fingerprint density at radius 1 is 1.20 bits per heavy atom. The molecule has 0 radical (unpaired) electrons. The second-order valence-corrected chi connectivity index (χ2v) is 6.71. The number of rotatable bonds is 7. The Hall–Kier alpha value is -1.56. The van der Waals surface area contributed by atoms with E-state index in [1.54, 1.807) is 36.2 Å². The minimum atomic E-state index is -3.18. The first-order chi connectivity index (χ1) is 9.40.